The Morgan fingerprint density at radius 3 is 2.85 bits per heavy atom. The fraction of sp³-hybridized carbons (Fsp3) is 0.526. The molecule has 1 aromatic heterocycles. The minimum atomic E-state index is -0.237. The van der Waals surface area contributed by atoms with Gasteiger partial charge in [-0.05, 0) is 38.0 Å². The molecule has 0 aliphatic heterocycles. The monoisotopic (exact) mass is 376 g/mol. The number of aryl methyl sites for hydroxylation is 1. The van der Waals surface area contributed by atoms with Crippen molar-refractivity contribution in [1.29, 1.82) is 0 Å². The fourth-order valence-electron chi connectivity index (χ4n) is 2.55. The van der Waals surface area contributed by atoms with Crippen molar-refractivity contribution in [2.45, 2.75) is 33.4 Å². The summed E-state index contributed by atoms with van der Waals surface area (Å²) in [5.74, 6) is 2.13. The molecule has 0 aliphatic rings. The van der Waals surface area contributed by atoms with E-state index in [-0.39, 0.29) is 5.82 Å². The van der Waals surface area contributed by atoms with Crippen LogP contribution in [-0.4, -0.2) is 52.4 Å². The van der Waals surface area contributed by atoms with Crippen molar-refractivity contribution in [3.63, 3.8) is 0 Å². The largest absolute Gasteiger partial charge is 0.382 e. The van der Waals surface area contributed by atoms with Crippen molar-refractivity contribution in [3.8, 4) is 0 Å². The third-order valence-corrected chi connectivity index (χ3v) is 4.18. The van der Waals surface area contributed by atoms with Gasteiger partial charge in [0.15, 0.2) is 11.8 Å². The lowest BCUT2D eigenvalue weighted by atomic mass is 10.2. The zero-order valence-corrected chi connectivity index (χ0v) is 16.6. The van der Waals surface area contributed by atoms with E-state index in [0.717, 1.165) is 36.1 Å². The van der Waals surface area contributed by atoms with Gasteiger partial charge in [-0.1, -0.05) is 12.1 Å². The number of halogens is 1. The molecule has 148 valence electrons. The minimum absolute atomic E-state index is 0.237. The predicted molar refractivity (Wildman–Crippen MR) is 104 cm³/mol. The van der Waals surface area contributed by atoms with Gasteiger partial charge in [0.25, 0.3) is 0 Å². The van der Waals surface area contributed by atoms with Gasteiger partial charge in [0.1, 0.15) is 18.2 Å². The first-order valence-corrected chi connectivity index (χ1v) is 9.17. The van der Waals surface area contributed by atoms with Gasteiger partial charge in [-0.2, -0.15) is 0 Å². The van der Waals surface area contributed by atoms with Crippen LogP contribution in [-0.2, 0) is 24.9 Å². The van der Waals surface area contributed by atoms with Crippen LogP contribution in [0.5, 0.6) is 0 Å². The standard InChI is InChI=1S/C19H29FN6O/c1-5-27-11-7-10-21-19(22-13-18-24-23-15(2)26(18)4)25(3)14-16-8-6-9-17(20)12-16/h6,8-9,12H,5,7,10-11,13-14H2,1-4H3,(H,21,22). The van der Waals surface area contributed by atoms with Gasteiger partial charge in [-0.3, -0.25) is 0 Å². The van der Waals surface area contributed by atoms with Gasteiger partial charge in [0, 0.05) is 40.4 Å². The number of rotatable bonds is 9. The Morgan fingerprint density at radius 1 is 1.37 bits per heavy atom. The van der Waals surface area contributed by atoms with Crippen molar-refractivity contribution in [2.75, 3.05) is 26.8 Å². The molecule has 2 aromatic rings. The molecule has 0 radical (unpaired) electrons. The summed E-state index contributed by atoms with van der Waals surface area (Å²) >= 11 is 0. The van der Waals surface area contributed by atoms with Gasteiger partial charge in [-0.15, -0.1) is 10.2 Å². The minimum Gasteiger partial charge on any atom is -0.382 e. The number of guanidine groups is 1. The molecule has 0 bridgehead atoms. The second kappa shape index (κ2) is 10.6. The summed E-state index contributed by atoms with van der Waals surface area (Å²) < 4.78 is 20.8. The lowest BCUT2D eigenvalue weighted by Crippen LogP contribution is -2.39. The summed E-state index contributed by atoms with van der Waals surface area (Å²) in [5.41, 5.74) is 0.885. The second-order valence-corrected chi connectivity index (χ2v) is 6.33. The van der Waals surface area contributed by atoms with Crippen molar-refractivity contribution in [3.05, 3.63) is 47.3 Å². The molecular formula is C19H29FN6O. The van der Waals surface area contributed by atoms with Crippen molar-refractivity contribution < 1.29 is 9.13 Å². The third-order valence-electron chi connectivity index (χ3n) is 4.18. The van der Waals surface area contributed by atoms with Crippen molar-refractivity contribution >= 4 is 5.96 Å². The molecule has 0 atom stereocenters. The highest BCUT2D eigenvalue weighted by molar-refractivity contribution is 5.79. The van der Waals surface area contributed by atoms with Crippen LogP contribution in [0.25, 0.3) is 0 Å². The van der Waals surface area contributed by atoms with E-state index in [9.17, 15) is 4.39 Å². The zero-order valence-electron chi connectivity index (χ0n) is 16.6. The molecular weight excluding hydrogens is 347 g/mol. The Balaban J connectivity index is 2.05. The maximum Gasteiger partial charge on any atom is 0.194 e. The Kier molecular flexibility index (Phi) is 8.19. The molecule has 1 N–H and O–H groups in total. The molecule has 0 fully saturated rings. The van der Waals surface area contributed by atoms with Gasteiger partial charge >= 0.3 is 0 Å². The van der Waals surface area contributed by atoms with Crippen LogP contribution in [0.4, 0.5) is 4.39 Å². The average molecular weight is 376 g/mol. The molecule has 0 spiro atoms. The van der Waals surface area contributed by atoms with E-state index in [1.807, 2.05) is 43.5 Å². The normalized spacial score (nSPS) is 11.7. The van der Waals surface area contributed by atoms with Gasteiger partial charge in [0.05, 0.1) is 0 Å². The summed E-state index contributed by atoms with van der Waals surface area (Å²) in [6.45, 7) is 7.01. The van der Waals surface area contributed by atoms with Crippen LogP contribution in [0.3, 0.4) is 0 Å². The molecule has 1 heterocycles. The molecule has 0 saturated heterocycles. The van der Waals surface area contributed by atoms with Crippen LogP contribution in [0.15, 0.2) is 29.3 Å². The highest BCUT2D eigenvalue weighted by Gasteiger charge is 2.10. The van der Waals surface area contributed by atoms with Crippen molar-refractivity contribution in [2.24, 2.45) is 12.0 Å². The number of nitrogens with one attached hydrogen (secondary N) is 1. The van der Waals surface area contributed by atoms with E-state index in [1.165, 1.54) is 12.1 Å². The first kappa shape index (κ1) is 20.8. The van der Waals surface area contributed by atoms with E-state index < -0.39 is 0 Å². The predicted octanol–water partition coefficient (Wildman–Crippen LogP) is 2.27. The third kappa shape index (κ3) is 6.63. The highest BCUT2D eigenvalue weighted by Crippen LogP contribution is 2.07. The number of hydrogen-bond acceptors (Lipinski definition) is 4. The summed E-state index contributed by atoms with van der Waals surface area (Å²) in [6.07, 6.45) is 0.879. The Labute approximate surface area is 160 Å². The average Bonchev–Trinajstić information content (AvgIpc) is 2.96. The smallest absolute Gasteiger partial charge is 0.194 e. The Hall–Kier alpha value is -2.48. The lowest BCUT2D eigenvalue weighted by molar-refractivity contribution is 0.145. The van der Waals surface area contributed by atoms with Crippen LogP contribution >= 0.6 is 0 Å². The number of nitrogens with zero attached hydrogens (tertiary/aromatic N) is 5. The molecule has 1 aromatic carbocycles. The highest BCUT2D eigenvalue weighted by atomic mass is 19.1. The van der Waals surface area contributed by atoms with E-state index in [2.05, 4.69) is 20.5 Å². The molecule has 0 unspecified atom stereocenters. The zero-order chi connectivity index (χ0) is 19.6. The van der Waals surface area contributed by atoms with E-state index in [0.29, 0.717) is 26.3 Å². The number of aliphatic imine (C=N–C) groups is 1. The first-order valence-electron chi connectivity index (χ1n) is 9.17. The molecule has 7 nitrogen and oxygen atoms in total. The molecule has 0 saturated carbocycles. The van der Waals surface area contributed by atoms with Crippen LogP contribution in [0.1, 0.15) is 30.6 Å². The number of aromatic nitrogens is 3. The van der Waals surface area contributed by atoms with Crippen LogP contribution in [0.2, 0.25) is 0 Å². The van der Waals surface area contributed by atoms with E-state index in [1.54, 1.807) is 6.07 Å². The van der Waals surface area contributed by atoms with Crippen LogP contribution in [0, 0.1) is 12.7 Å². The molecule has 27 heavy (non-hydrogen) atoms. The number of ether oxygens (including phenoxy) is 1. The van der Waals surface area contributed by atoms with Gasteiger partial charge in [-0.25, -0.2) is 9.38 Å². The number of hydrogen-bond donors (Lipinski definition) is 1. The van der Waals surface area contributed by atoms with Gasteiger partial charge in [0.2, 0.25) is 0 Å². The first-order chi connectivity index (χ1) is 13.0. The Bertz CT molecular complexity index is 746. The maximum atomic E-state index is 13.5. The Morgan fingerprint density at radius 2 is 2.19 bits per heavy atom. The molecule has 0 aliphatic carbocycles. The van der Waals surface area contributed by atoms with E-state index in [4.69, 9.17) is 4.74 Å². The van der Waals surface area contributed by atoms with Gasteiger partial charge < -0.3 is 19.5 Å². The SMILES string of the molecule is CCOCCCNC(=NCc1nnc(C)n1C)N(C)Cc1cccc(F)c1. The maximum absolute atomic E-state index is 13.5. The topological polar surface area (TPSA) is 67.6 Å². The summed E-state index contributed by atoms with van der Waals surface area (Å²) in [6, 6.07) is 6.60. The van der Waals surface area contributed by atoms with E-state index >= 15 is 0 Å². The van der Waals surface area contributed by atoms with Crippen molar-refractivity contribution in [1.82, 2.24) is 25.0 Å². The summed E-state index contributed by atoms with van der Waals surface area (Å²) in [7, 11) is 3.85. The van der Waals surface area contributed by atoms with Crippen LogP contribution < -0.4 is 5.32 Å². The quantitative estimate of drug-likeness (QED) is 0.413. The summed E-state index contributed by atoms with van der Waals surface area (Å²) in [5, 5.41) is 11.6. The number of benzene rings is 1. The fourth-order valence-corrected chi connectivity index (χ4v) is 2.55. The second-order valence-electron chi connectivity index (χ2n) is 6.33. The lowest BCUT2D eigenvalue weighted by Gasteiger charge is -2.22. The summed E-state index contributed by atoms with van der Waals surface area (Å²) in [4.78, 5) is 6.65. The molecule has 0 amide bonds. The molecule has 2 rings (SSSR count). The molecule has 8 heteroatoms.